The van der Waals surface area contributed by atoms with Gasteiger partial charge in [0.15, 0.2) is 5.16 Å². The van der Waals surface area contributed by atoms with E-state index in [1.54, 1.807) is 18.0 Å². The number of piperidine rings is 2. The van der Waals surface area contributed by atoms with Crippen molar-refractivity contribution in [3.8, 4) is 0 Å². The van der Waals surface area contributed by atoms with Crippen molar-refractivity contribution in [3.63, 3.8) is 0 Å². The molecule has 2 aliphatic rings. The highest BCUT2D eigenvalue weighted by molar-refractivity contribution is 9.10. The number of carbonyl (C=O) groups is 1. The minimum atomic E-state index is 0.126. The Morgan fingerprint density at radius 3 is 2.55 bits per heavy atom. The molecule has 1 amide bonds. The topological polar surface area (TPSA) is 93.4 Å². The van der Waals surface area contributed by atoms with Gasteiger partial charge in [-0.25, -0.2) is 4.98 Å². The van der Waals surface area contributed by atoms with Crippen LogP contribution in [-0.4, -0.2) is 64.2 Å². The largest absolute Gasteiger partial charge is 0.405 e. The molecular formula is C24H33BrN6OS. The lowest BCUT2D eigenvalue weighted by Crippen LogP contribution is -2.46. The molecule has 4 N–H and O–H groups in total. The monoisotopic (exact) mass is 532 g/mol. The van der Waals surface area contributed by atoms with Crippen LogP contribution in [0.2, 0.25) is 0 Å². The number of rotatable bonds is 6. The zero-order valence-corrected chi connectivity index (χ0v) is 21.5. The summed E-state index contributed by atoms with van der Waals surface area (Å²) in [6, 6.07) is 6.68. The summed E-state index contributed by atoms with van der Waals surface area (Å²) in [7, 11) is 0. The number of fused-ring (bicyclic) bond motifs is 1. The van der Waals surface area contributed by atoms with Crippen molar-refractivity contribution in [1.82, 2.24) is 19.4 Å². The summed E-state index contributed by atoms with van der Waals surface area (Å²) >= 11 is 5.24. The third-order valence-electron chi connectivity index (χ3n) is 6.81. The number of hydrogen-bond acceptors (Lipinski definition) is 6. The van der Waals surface area contributed by atoms with Crippen LogP contribution in [0.4, 0.5) is 0 Å². The average Bonchev–Trinajstić information content (AvgIpc) is 3.21. The van der Waals surface area contributed by atoms with Gasteiger partial charge in [0, 0.05) is 36.1 Å². The maximum absolute atomic E-state index is 13.2. The number of amides is 1. The van der Waals surface area contributed by atoms with E-state index in [2.05, 4.69) is 54.8 Å². The Morgan fingerprint density at radius 1 is 1.18 bits per heavy atom. The maximum Gasteiger partial charge on any atom is 0.225 e. The molecule has 1 aromatic heterocycles. The SMILES string of the molecule is CSc1nc2cc(Br)ccc2n1C1CCN(C(=O)C2CCN(CC(/C=C\N)=C/N)CC2)CC1. The van der Waals surface area contributed by atoms with Gasteiger partial charge in [0.25, 0.3) is 0 Å². The molecule has 4 rings (SSSR count). The van der Waals surface area contributed by atoms with Gasteiger partial charge in [-0.2, -0.15) is 0 Å². The molecule has 0 saturated carbocycles. The molecule has 0 bridgehead atoms. The molecule has 9 heteroatoms. The predicted molar refractivity (Wildman–Crippen MR) is 139 cm³/mol. The number of thioether (sulfide) groups is 1. The Morgan fingerprint density at radius 2 is 1.91 bits per heavy atom. The summed E-state index contributed by atoms with van der Waals surface area (Å²) in [5, 5.41) is 1.05. The van der Waals surface area contributed by atoms with E-state index in [0.29, 0.717) is 11.9 Å². The van der Waals surface area contributed by atoms with E-state index in [1.165, 1.54) is 11.7 Å². The molecule has 2 aromatic rings. The van der Waals surface area contributed by atoms with Crippen molar-refractivity contribution >= 4 is 44.6 Å². The van der Waals surface area contributed by atoms with Crippen LogP contribution >= 0.6 is 27.7 Å². The highest BCUT2D eigenvalue weighted by atomic mass is 79.9. The Hall–Kier alpha value is -1.97. The number of likely N-dealkylation sites (tertiary alicyclic amines) is 2. The molecule has 0 radical (unpaired) electrons. The van der Waals surface area contributed by atoms with Crippen LogP contribution < -0.4 is 11.5 Å². The summed E-state index contributed by atoms with van der Waals surface area (Å²) in [5.74, 6) is 0.454. The van der Waals surface area contributed by atoms with Crippen molar-refractivity contribution in [2.24, 2.45) is 17.4 Å². The lowest BCUT2D eigenvalue weighted by molar-refractivity contribution is -0.138. The van der Waals surface area contributed by atoms with Gasteiger partial charge in [0.05, 0.1) is 11.0 Å². The number of halogens is 1. The lowest BCUT2D eigenvalue weighted by Gasteiger charge is -2.38. The van der Waals surface area contributed by atoms with Gasteiger partial charge < -0.3 is 20.9 Å². The number of nitrogens with two attached hydrogens (primary N) is 2. The smallest absolute Gasteiger partial charge is 0.225 e. The molecule has 33 heavy (non-hydrogen) atoms. The number of nitrogens with zero attached hydrogens (tertiary/aromatic N) is 4. The molecule has 0 spiro atoms. The summed E-state index contributed by atoms with van der Waals surface area (Å²) in [6.45, 7) is 4.24. The van der Waals surface area contributed by atoms with Gasteiger partial charge in [-0.3, -0.25) is 9.69 Å². The maximum atomic E-state index is 13.2. The Bertz CT molecular complexity index is 1030. The number of hydrogen-bond donors (Lipinski definition) is 2. The van der Waals surface area contributed by atoms with Gasteiger partial charge in [0.2, 0.25) is 5.91 Å². The summed E-state index contributed by atoms with van der Waals surface area (Å²) in [5.41, 5.74) is 14.4. The molecular weight excluding hydrogens is 500 g/mol. The number of carbonyl (C=O) groups excluding carboxylic acids is 1. The second-order valence-corrected chi connectivity index (χ2v) is 10.5. The van der Waals surface area contributed by atoms with E-state index in [0.717, 1.165) is 79.1 Å². The fourth-order valence-corrected chi connectivity index (χ4v) is 6.01. The predicted octanol–water partition coefficient (Wildman–Crippen LogP) is 3.71. The highest BCUT2D eigenvalue weighted by Crippen LogP contribution is 2.34. The Kier molecular flexibility index (Phi) is 8.03. The standard InChI is InChI=1S/C24H33BrN6OS/c1-33-24-28-21-14-19(25)2-3-22(21)31(24)20-7-12-30(13-8-20)23(32)18-5-10-29(11-6-18)16-17(15-27)4-9-26/h2-4,9,14-15,18,20H,5-8,10-13,16,26-27H2,1H3/b9-4-,17-15+. The molecule has 0 aliphatic carbocycles. The normalized spacial score (nSPS) is 19.7. The van der Waals surface area contributed by atoms with Crippen molar-refractivity contribution in [1.29, 1.82) is 0 Å². The van der Waals surface area contributed by atoms with Gasteiger partial charge >= 0.3 is 0 Å². The van der Waals surface area contributed by atoms with E-state index in [9.17, 15) is 4.79 Å². The van der Waals surface area contributed by atoms with Gasteiger partial charge in [-0.05, 0) is 87.3 Å². The molecule has 7 nitrogen and oxygen atoms in total. The van der Waals surface area contributed by atoms with Gasteiger partial charge in [-0.1, -0.05) is 27.7 Å². The van der Waals surface area contributed by atoms with Crippen molar-refractivity contribution < 1.29 is 4.79 Å². The minimum absolute atomic E-state index is 0.126. The first-order chi connectivity index (χ1) is 16.0. The fraction of sp³-hybridized carbons (Fsp3) is 0.500. The first kappa shape index (κ1) is 24.2. The van der Waals surface area contributed by atoms with E-state index in [-0.39, 0.29) is 5.92 Å². The number of imidazole rings is 1. The Balaban J connectivity index is 1.33. The van der Waals surface area contributed by atoms with E-state index < -0.39 is 0 Å². The van der Waals surface area contributed by atoms with Crippen LogP contribution in [0.3, 0.4) is 0 Å². The summed E-state index contributed by atoms with van der Waals surface area (Å²) in [6.07, 6.45) is 10.8. The molecule has 0 atom stereocenters. The van der Waals surface area contributed by atoms with Crippen LogP contribution in [-0.2, 0) is 4.79 Å². The average molecular weight is 534 g/mol. The lowest BCUT2D eigenvalue weighted by atomic mass is 9.93. The number of aromatic nitrogens is 2. The molecule has 2 aliphatic heterocycles. The van der Waals surface area contributed by atoms with E-state index in [1.807, 2.05) is 6.08 Å². The van der Waals surface area contributed by atoms with Crippen LogP contribution in [0, 0.1) is 5.92 Å². The van der Waals surface area contributed by atoms with Crippen molar-refractivity contribution in [2.75, 3.05) is 39.0 Å². The molecule has 3 heterocycles. The van der Waals surface area contributed by atoms with Crippen LogP contribution in [0.5, 0.6) is 0 Å². The fourth-order valence-electron chi connectivity index (χ4n) is 5.03. The third kappa shape index (κ3) is 5.41. The molecule has 0 unspecified atom stereocenters. The molecule has 2 saturated heterocycles. The van der Waals surface area contributed by atoms with Gasteiger partial charge in [0.1, 0.15) is 0 Å². The van der Waals surface area contributed by atoms with Crippen LogP contribution in [0.25, 0.3) is 11.0 Å². The second kappa shape index (κ2) is 11.0. The number of benzene rings is 1. The molecule has 178 valence electrons. The summed E-state index contributed by atoms with van der Waals surface area (Å²) < 4.78 is 3.43. The Labute approximate surface area is 208 Å². The van der Waals surface area contributed by atoms with Crippen molar-refractivity contribution in [3.05, 3.63) is 46.7 Å². The quantitative estimate of drug-likeness (QED) is 0.435. The van der Waals surface area contributed by atoms with Crippen LogP contribution in [0.15, 0.2) is 51.9 Å². The van der Waals surface area contributed by atoms with E-state index in [4.69, 9.17) is 16.5 Å². The highest BCUT2D eigenvalue weighted by Gasteiger charge is 2.32. The van der Waals surface area contributed by atoms with Gasteiger partial charge in [-0.15, -0.1) is 0 Å². The first-order valence-electron chi connectivity index (χ1n) is 11.6. The molecule has 1 aromatic carbocycles. The minimum Gasteiger partial charge on any atom is -0.405 e. The third-order valence-corrected chi connectivity index (χ3v) is 7.96. The molecule has 2 fully saturated rings. The second-order valence-electron chi connectivity index (χ2n) is 8.81. The first-order valence-corrected chi connectivity index (χ1v) is 13.6. The van der Waals surface area contributed by atoms with Crippen LogP contribution in [0.1, 0.15) is 31.7 Å². The zero-order valence-electron chi connectivity index (χ0n) is 19.1. The van der Waals surface area contributed by atoms with E-state index >= 15 is 0 Å². The van der Waals surface area contributed by atoms with Crippen molar-refractivity contribution in [2.45, 2.75) is 36.9 Å². The zero-order chi connectivity index (χ0) is 23.4. The summed E-state index contributed by atoms with van der Waals surface area (Å²) in [4.78, 5) is 22.5.